The molecule has 0 spiro atoms. The van der Waals surface area contributed by atoms with Crippen LogP contribution < -0.4 is 11.3 Å². The fourth-order valence-electron chi connectivity index (χ4n) is 1.98. The van der Waals surface area contributed by atoms with Gasteiger partial charge in [-0.25, -0.2) is 9.97 Å². The second kappa shape index (κ2) is 4.53. The van der Waals surface area contributed by atoms with E-state index in [1.54, 1.807) is 12.1 Å². The van der Waals surface area contributed by atoms with Crippen LogP contribution in [0.25, 0.3) is 10.9 Å². The van der Waals surface area contributed by atoms with E-state index in [9.17, 15) is 4.79 Å². The summed E-state index contributed by atoms with van der Waals surface area (Å²) < 4.78 is 1.53. The molecule has 2 aromatic heterocycles. The molecule has 0 saturated carbocycles. The maximum atomic E-state index is 12.3. The molecule has 0 amide bonds. The Morgan fingerprint density at radius 1 is 1.11 bits per heavy atom. The van der Waals surface area contributed by atoms with E-state index in [1.807, 2.05) is 30.3 Å². The van der Waals surface area contributed by atoms with E-state index in [2.05, 4.69) is 9.97 Å². The van der Waals surface area contributed by atoms with Crippen LogP contribution in [-0.2, 0) is 6.54 Å². The molecule has 2 heterocycles. The summed E-state index contributed by atoms with van der Waals surface area (Å²) in [5, 5.41) is 0.605. The van der Waals surface area contributed by atoms with Crippen LogP contribution in [0.15, 0.2) is 53.6 Å². The van der Waals surface area contributed by atoms with Gasteiger partial charge >= 0.3 is 0 Å². The average Bonchev–Trinajstić information content (AvgIpc) is 2.42. The molecule has 0 saturated heterocycles. The molecule has 0 aliphatic heterocycles. The van der Waals surface area contributed by atoms with Gasteiger partial charge in [-0.3, -0.25) is 9.36 Å². The lowest BCUT2D eigenvalue weighted by Gasteiger charge is -2.06. The van der Waals surface area contributed by atoms with E-state index in [0.717, 1.165) is 5.69 Å². The molecule has 5 heteroatoms. The van der Waals surface area contributed by atoms with Gasteiger partial charge < -0.3 is 5.73 Å². The summed E-state index contributed by atoms with van der Waals surface area (Å²) in [7, 11) is 0. The number of para-hydroxylation sites is 1. The third kappa shape index (κ3) is 2.18. The average molecular weight is 252 g/mol. The number of nitrogens with two attached hydrogens (primary N) is 1. The lowest BCUT2D eigenvalue weighted by Crippen LogP contribution is -2.21. The molecular weight excluding hydrogens is 240 g/mol. The predicted molar refractivity (Wildman–Crippen MR) is 73.8 cm³/mol. The van der Waals surface area contributed by atoms with E-state index in [0.29, 0.717) is 23.3 Å². The van der Waals surface area contributed by atoms with Crippen LogP contribution >= 0.6 is 0 Å². The molecule has 1 aromatic carbocycles. The van der Waals surface area contributed by atoms with Crippen molar-refractivity contribution in [2.75, 3.05) is 5.73 Å². The van der Waals surface area contributed by atoms with Crippen molar-refractivity contribution in [1.82, 2.24) is 14.5 Å². The van der Waals surface area contributed by atoms with E-state index in [4.69, 9.17) is 5.73 Å². The maximum Gasteiger partial charge on any atom is 0.261 e. The Morgan fingerprint density at radius 2 is 1.95 bits per heavy atom. The Bertz CT molecular complexity index is 795. The molecule has 0 aliphatic rings. The summed E-state index contributed by atoms with van der Waals surface area (Å²) in [4.78, 5) is 20.7. The van der Waals surface area contributed by atoms with Crippen LogP contribution in [-0.4, -0.2) is 14.5 Å². The number of anilines is 1. The van der Waals surface area contributed by atoms with Crippen LogP contribution in [0.3, 0.4) is 0 Å². The van der Waals surface area contributed by atoms with E-state index < -0.39 is 0 Å². The summed E-state index contributed by atoms with van der Waals surface area (Å²) in [5.41, 5.74) is 6.99. The van der Waals surface area contributed by atoms with Gasteiger partial charge in [0.1, 0.15) is 5.82 Å². The fraction of sp³-hybridized carbons (Fsp3) is 0.0714. The van der Waals surface area contributed by atoms with Crippen molar-refractivity contribution in [2.45, 2.75) is 6.54 Å². The molecule has 0 radical (unpaired) electrons. The number of aromatic nitrogens is 3. The third-order valence-corrected chi connectivity index (χ3v) is 2.89. The number of hydrogen-bond acceptors (Lipinski definition) is 4. The predicted octanol–water partition coefficient (Wildman–Crippen LogP) is 1.42. The minimum atomic E-state index is -0.0742. The highest BCUT2D eigenvalue weighted by atomic mass is 16.1. The number of rotatable bonds is 2. The van der Waals surface area contributed by atoms with Crippen LogP contribution in [0.5, 0.6) is 0 Å². The molecule has 0 unspecified atom stereocenters. The number of hydrogen-bond donors (Lipinski definition) is 1. The van der Waals surface area contributed by atoms with Gasteiger partial charge in [-0.15, -0.1) is 0 Å². The molecule has 0 bridgehead atoms. The van der Waals surface area contributed by atoms with Gasteiger partial charge in [-0.2, -0.15) is 0 Å². The number of fused-ring (bicyclic) bond motifs is 1. The lowest BCUT2D eigenvalue weighted by atomic mass is 10.2. The molecule has 3 rings (SSSR count). The van der Waals surface area contributed by atoms with Crippen molar-refractivity contribution in [3.05, 3.63) is 64.8 Å². The topological polar surface area (TPSA) is 73.8 Å². The highest BCUT2D eigenvalue weighted by molar-refractivity contribution is 5.76. The number of benzene rings is 1. The van der Waals surface area contributed by atoms with Crippen molar-refractivity contribution >= 4 is 16.7 Å². The Kier molecular flexibility index (Phi) is 2.72. The molecule has 19 heavy (non-hydrogen) atoms. The van der Waals surface area contributed by atoms with Gasteiger partial charge in [-0.05, 0) is 24.3 Å². The molecule has 5 nitrogen and oxygen atoms in total. The summed E-state index contributed by atoms with van der Waals surface area (Å²) >= 11 is 0. The van der Waals surface area contributed by atoms with Crippen LogP contribution in [0, 0.1) is 0 Å². The Balaban J connectivity index is 2.06. The van der Waals surface area contributed by atoms with Crippen molar-refractivity contribution in [1.29, 1.82) is 0 Å². The molecule has 0 atom stereocenters. The highest BCUT2D eigenvalue weighted by Gasteiger charge is 2.04. The van der Waals surface area contributed by atoms with Crippen molar-refractivity contribution in [3.8, 4) is 0 Å². The quantitative estimate of drug-likeness (QED) is 0.748. The number of nitrogen functional groups attached to an aromatic ring is 1. The SMILES string of the molecule is Nc1cccc(Cn2cnc3ccccc3c2=O)n1. The van der Waals surface area contributed by atoms with Gasteiger partial charge in [0.05, 0.1) is 29.5 Å². The lowest BCUT2D eigenvalue weighted by molar-refractivity contribution is 0.731. The zero-order chi connectivity index (χ0) is 13.2. The standard InChI is InChI=1S/C14H12N4O/c15-13-7-3-4-10(17-13)8-18-9-16-12-6-2-1-5-11(12)14(18)19/h1-7,9H,8H2,(H2,15,17). The zero-order valence-electron chi connectivity index (χ0n) is 10.2. The minimum absolute atomic E-state index is 0.0742. The summed E-state index contributed by atoms with van der Waals surface area (Å²) in [6.45, 7) is 0.363. The first kappa shape index (κ1) is 11.4. The van der Waals surface area contributed by atoms with Gasteiger partial charge in [0.15, 0.2) is 0 Å². The summed E-state index contributed by atoms with van der Waals surface area (Å²) in [5.74, 6) is 0.444. The molecule has 2 N–H and O–H groups in total. The Hall–Kier alpha value is -2.69. The smallest absolute Gasteiger partial charge is 0.261 e. The van der Waals surface area contributed by atoms with Crippen LogP contribution in [0.1, 0.15) is 5.69 Å². The van der Waals surface area contributed by atoms with E-state index in [1.165, 1.54) is 10.9 Å². The fourth-order valence-corrected chi connectivity index (χ4v) is 1.98. The van der Waals surface area contributed by atoms with E-state index in [-0.39, 0.29) is 5.56 Å². The van der Waals surface area contributed by atoms with Gasteiger partial charge in [0, 0.05) is 0 Å². The molecule has 0 fully saturated rings. The first-order valence-corrected chi connectivity index (χ1v) is 5.89. The second-order valence-corrected chi connectivity index (χ2v) is 4.25. The summed E-state index contributed by atoms with van der Waals surface area (Å²) in [6.07, 6.45) is 1.54. The third-order valence-electron chi connectivity index (χ3n) is 2.89. The van der Waals surface area contributed by atoms with Crippen molar-refractivity contribution < 1.29 is 0 Å². The van der Waals surface area contributed by atoms with Crippen molar-refractivity contribution in [3.63, 3.8) is 0 Å². The first-order chi connectivity index (χ1) is 9.24. The molecular formula is C14H12N4O. The molecule has 0 aliphatic carbocycles. The Labute approximate surface area is 109 Å². The normalized spacial score (nSPS) is 10.7. The van der Waals surface area contributed by atoms with Crippen LogP contribution in [0.4, 0.5) is 5.82 Å². The molecule has 3 aromatic rings. The Morgan fingerprint density at radius 3 is 2.79 bits per heavy atom. The number of pyridine rings is 1. The van der Waals surface area contributed by atoms with E-state index >= 15 is 0 Å². The minimum Gasteiger partial charge on any atom is -0.384 e. The van der Waals surface area contributed by atoms with Crippen LogP contribution in [0.2, 0.25) is 0 Å². The van der Waals surface area contributed by atoms with Crippen molar-refractivity contribution in [2.24, 2.45) is 0 Å². The molecule has 94 valence electrons. The largest absolute Gasteiger partial charge is 0.384 e. The van der Waals surface area contributed by atoms with Gasteiger partial charge in [0.25, 0.3) is 5.56 Å². The van der Waals surface area contributed by atoms with Gasteiger partial charge in [-0.1, -0.05) is 18.2 Å². The highest BCUT2D eigenvalue weighted by Crippen LogP contribution is 2.06. The second-order valence-electron chi connectivity index (χ2n) is 4.25. The zero-order valence-corrected chi connectivity index (χ0v) is 10.2. The maximum absolute atomic E-state index is 12.3. The first-order valence-electron chi connectivity index (χ1n) is 5.89. The summed E-state index contributed by atoms with van der Waals surface area (Å²) in [6, 6.07) is 12.6. The van der Waals surface area contributed by atoms with Gasteiger partial charge in [0.2, 0.25) is 0 Å². The number of nitrogens with zero attached hydrogens (tertiary/aromatic N) is 3. The monoisotopic (exact) mass is 252 g/mol.